The SMILES string of the molecule is CCNC(=O)C(C)N(Cc1cccc(Cl)c1)C(=O)CN(c1ccc(C)cc1)S(=O)(=O)c1ccc(OC)cc1. The molecule has 2 amide bonds. The van der Waals surface area contributed by atoms with E-state index in [2.05, 4.69) is 5.32 Å². The van der Waals surface area contributed by atoms with Gasteiger partial charge in [-0.25, -0.2) is 8.42 Å². The summed E-state index contributed by atoms with van der Waals surface area (Å²) in [6, 6.07) is 18.9. The molecule has 0 aliphatic heterocycles. The van der Waals surface area contributed by atoms with Crippen LogP contribution in [-0.4, -0.2) is 51.4 Å². The lowest BCUT2D eigenvalue weighted by atomic mass is 10.1. The molecule has 3 rings (SSSR count). The number of hydrogen-bond donors (Lipinski definition) is 1. The summed E-state index contributed by atoms with van der Waals surface area (Å²) in [6.45, 7) is 5.24. The average Bonchev–Trinajstić information content (AvgIpc) is 2.90. The van der Waals surface area contributed by atoms with Crippen LogP contribution < -0.4 is 14.4 Å². The molecule has 3 aromatic carbocycles. The van der Waals surface area contributed by atoms with Crippen molar-refractivity contribution in [3.8, 4) is 5.75 Å². The summed E-state index contributed by atoms with van der Waals surface area (Å²) in [5.74, 6) is -0.380. The average molecular weight is 558 g/mol. The second-order valence-electron chi connectivity index (χ2n) is 8.74. The summed E-state index contributed by atoms with van der Waals surface area (Å²) in [6.07, 6.45) is 0. The molecule has 1 unspecified atom stereocenters. The van der Waals surface area contributed by atoms with Crippen molar-refractivity contribution in [2.75, 3.05) is 24.5 Å². The van der Waals surface area contributed by atoms with Gasteiger partial charge in [0.05, 0.1) is 17.7 Å². The van der Waals surface area contributed by atoms with Gasteiger partial charge < -0.3 is 15.0 Å². The number of methoxy groups -OCH3 is 1. The first kappa shape index (κ1) is 29.0. The van der Waals surface area contributed by atoms with Crippen molar-refractivity contribution in [1.82, 2.24) is 10.2 Å². The monoisotopic (exact) mass is 557 g/mol. The molecule has 8 nitrogen and oxygen atoms in total. The number of benzene rings is 3. The molecule has 0 aliphatic rings. The summed E-state index contributed by atoms with van der Waals surface area (Å²) in [5.41, 5.74) is 1.98. The first-order chi connectivity index (χ1) is 18.1. The highest BCUT2D eigenvalue weighted by atomic mass is 35.5. The zero-order valence-corrected chi connectivity index (χ0v) is 23.4. The van der Waals surface area contributed by atoms with E-state index in [4.69, 9.17) is 16.3 Å². The Labute approximate surface area is 229 Å². The standard InChI is InChI=1S/C28H32ClN3O5S/c1-5-30-28(34)21(3)31(18-22-7-6-8-23(29)17-22)27(33)19-32(24-11-9-20(2)10-12-24)38(35,36)26-15-13-25(37-4)14-16-26/h6-17,21H,5,18-19H2,1-4H3,(H,30,34). The lowest BCUT2D eigenvalue weighted by Gasteiger charge is -2.32. The van der Waals surface area contributed by atoms with E-state index in [0.29, 0.717) is 28.6 Å². The van der Waals surface area contributed by atoms with Crippen LogP contribution in [0.15, 0.2) is 77.7 Å². The summed E-state index contributed by atoms with van der Waals surface area (Å²) in [5, 5.41) is 3.22. The minimum absolute atomic E-state index is 0.00448. The summed E-state index contributed by atoms with van der Waals surface area (Å²) in [7, 11) is -2.66. The zero-order valence-electron chi connectivity index (χ0n) is 21.8. The lowest BCUT2D eigenvalue weighted by molar-refractivity contribution is -0.139. The number of aryl methyl sites for hydroxylation is 1. The first-order valence-corrected chi connectivity index (χ1v) is 13.9. The van der Waals surface area contributed by atoms with E-state index in [1.165, 1.54) is 24.1 Å². The highest BCUT2D eigenvalue weighted by Crippen LogP contribution is 2.26. The molecular weight excluding hydrogens is 526 g/mol. The van der Waals surface area contributed by atoms with E-state index >= 15 is 0 Å². The van der Waals surface area contributed by atoms with Crippen molar-refractivity contribution >= 4 is 39.1 Å². The van der Waals surface area contributed by atoms with Crippen LogP contribution in [0, 0.1) is 6.92 Å². The number of sulfonamides is 1. The fourth-order valence-electron chi connectivity index (χ4n) is 3.85. The third kappa shape index (κ3) is 7.05. The Kier molecular flexibility index (Phi) is 9.77. The van der Waals surface area contributed by atoms with E-state index < -0.39 is 28.5 Å². The fourth-order valence-corrected chi connectivity index (χ4v) is 5.48. The van der Waals surface area contributed by atoms with E-state index in [0.717, 1.165) is 9.87 Å². The van der Waals surface area contributed by atoms with Gasteiger partial charge >= 0.3 is 0 Å². The first-order valence-electron chi connectivity index (χ1n) is 12.1. The Bertz CT molecular complexity index is 1360. The van der Waals surface area contributed by atoms with Gasteiger partial charge in [0.1, 0.15) is 18.3 Å². The van der Waals surface area contributed by atoms with Gasteiger partial charge in [-0.1, -0.05) is 41.4 Å². The molecule has 3 aromatic rings. The minimum Gasteiger partial charge on any atom is -0.497 e. The van der Waals surface area contributed by atoms with Crippen LogP contribution in [0.2, 0.25) is 5.02 Å². The maximum atomic E-state index is 13.8. The number of ether oxygens (including phenoxy) is 1. The van der Waals surface area contributed by atoms with E-state index in [1.807, 2.05) is 6.92 Å². The molecule has 0 aromatic heterocycles. The number of anilines is 1. The number of hydrogen-bond acceptors (Lipinski definition) is 5. The maximum Gasteiger partial charge on any atom is 0.264 e. The molecule has 0 heterocycles. The highest BCUT2D eigenvalue weighted by Gasteiger charge is 2.32. The topological polar surface area (TPSA) is 96.0 Å². The predicted molar refractivity (Wildman–Crippen MR) is 149 cm³/mol. The predicted octanol–water partition coefficient (Wildman–Crippen LogP) is 4.41. The van der Waals surface area contributed by atoms with Gasteiger partial charge in [-0.05, 0) is 74.9 Å². The molecule has 0 spiro atoms. The molecular formula is C28H32ClN3O5S. The van der Waals surface area contributed by atoms with Crippen molar-refractivity contribution in [3.63, 3.8) is 0 Å². The largest absolute Gasteiger partial charge is 0.497 e. The van der Waals surface area contributed by atoms with E-state index in [-0.39, 0.29) is 17.3 Å². The van der Waals surface area contributed by atoms with Crippen LogP contribution in [0.1, 0.15) is 25.0 Å². The van der Waals surface area contributed by atoms with Crippen molar-refractivity contribution in [2.45, 2.75) is 38.3 Å². The van der Waals surface area contributed by atoms with Crippen molar-refractivity contribution in [1.29, 1.82) is 0 Å². The quantitative estimate of drug-likeness (QED) is 0.377. The molecule has 10 heteroatoms. The molecule has 0 saturated carbocycles. The fraction of sp³-hybridized carbons (Fsp3) is 0.286. The lowest BCUT2D eigenvalue weighted by Crippen LogP contribution is -2.51. The van der Waals surface area contributed by atoms with E-state index in [1.54, 1.807) is 74.5 Å². The molecule has 1 N–H and O–H groups in total. The number of carbonyl (C=O) groups is 2. The summed E-state index contributed by atoms with van der Waals surface area (Å²) in [4.78, 5) is 27.9. The van der Waals surface area contributed by atoms with Gasteiger partial charge in [-0.15, -0.1) is 0 Å². The molecule has 38 heavy (non-hydrogen) atoms. The van der Waals surface area contributed by atoms with Crippen molar-refractivity contribution in [3.05, 3.63) is 88.9 Å². The van der Waals surface area contributed by atoms with Crippen LogP contribution in [0.4, 0.5) is 5.69 Å². The van der Waals surface area contributed by atoms with Gasteiger partial charge in [-0.2, -0.15) is 0 Å². The second kappa shape index (κ2) is 12.8. The summed E-state index contributed by atoms with van der Waals surface area (Å²) >= 11 is 6.15. The zero-order chi connectivity index (χ0) is 27.9. The number of likely N-dealkylation sites (N-methyl/N-ethyl adjacent to an activating group) is 1. The Morgan fingerprint density at radius 2 is 1.68 bits per heavy atom. The number of nitrogens with zero attached hydrogens (tertiary/aromatic N) is 2. The smallest absolute Gasteiger partial charge is 0.264 e. The number of halogens is 1. The Hall–Kier alpha value is -3.56. The number of carbonyl (C=O) groups excluding carboxylic acids is 2. The Morgan fingerprint density at radius 3 is 2.26 bits per heavy atom. The molecule has 1 atom stereocenters. The van der Waals surface area contributed by atoms with Gasteiger partial charge in [0.2, 0.25) is 11.8 Å². The molecule has 0 radical (unpaired) electrons. The van der Waals surface area contributed by atoms with Gasteiger partial charge in [-0.3, -0.25) is 13.9 Å². The second-order valence-corrected chi connectivity index (χ2v) is 11.0. The van der Waals surface area contributed by atoms with Gasteiger partial charge in [0, 0.05) is 18.1 Å². The van der Waals surface area contributed by atoms with Crippen LogP contribution in [-0.2, 0) is 26.2 Å². The normalized spacial score (nSPS) is 11.9. The minimum atomic E-state index is -4.15. The van der Waals surface area contributed by atoms with Gasteiger partial charge in [0.15, 0.2) is 0 Å². The Morgan fingerprint density at radius 1 is 1.03 bits per heavy atom. The number of amides is 2. The maximum absolute atomic E-state index is 13.8. The van der Waals surface area contributed by atoms with Crippen molar-refractivity contribution < 1.29 is 22.7 Å². The number of rotatable bonds is 11. The molecule has 0 aliphatic carbocycles. The van der Waals surface area contributed by atoms with Crippen LogP contribution >= 0.6 is 11.6 Å². The third-order valence-corrected chi connectivity index (χ3v) is 8.03. The van der Waals surface area contributed by atoms with Crippen LogP contribution in [0.3, 0.4) is 0 Å². The Balaban J connectivity index is 2.02. The molecule has 0 saturated heterocycles. The third-order valence-electron chi connectivity index (χ3n) is 6.01. The van der Waals surface area contributed by atoms with Crippen molar-refractivity contribution in [2.24, 2.45) is 0 Å². The van der Waals surface area contributed by atoms with Gasteiger partial charge in [0.25, 0.3) is 10.0 Å². The highest BCUT2D eigenvalue weighted by molar-refractivity contribution is 7.92. The number of nitrogens with one attached hydrogen (secondary N) is 1. The molecule has 202 valence electrons. The van der Waals surface area contributed by atoms with Crippen LogP contribution in [0.25, 0.3) is 0 Å². The van der Waals surface area contributed by atoms with Crippen LogP contribution in [0.5, 0.6) is 5.75 Å². The molecule has 0 fully saturated rings. The summed E-state index contributed by atoms with van der Waals surface area (Å²) < 4.78 is 33.8. The van der Waals surface area contributed by atoms with E-state index in [9.17, 15) is 18.0 Å². The molecule has 0 bridgehead atoms.